The Labute approximate surface area is 140 Å². The molecule has 0 saturated heterocycles. The highest BCUT2D eigenvalue weighted by Gasteiger charge is 2.14. The van der Waals surface area contributed by atoms with Crippen LogP contribution in [0.2, 0.25) is 0 Å². The van der Waals surface area contributed by atoms with E-state index in [1.54, 1.807) is 20.0 Å². The maximum Gasteiger partial charge on any atom is 0.245 e. The van der Waals surface area contributed by atoms with Gasteiger partial charge in [-0.15, -0.1) is 0 Å². The van der Waals surface area contributed by atoms with Crippen LogP contribution in [0, 0.1) is 6.92 Å². The zero-order valence-corrected chi connectivity index (χ0v) is 14.0. The van der Waals surface area contributed by atoms with Crippen molar-refractivity contribution < 1.29 is 18.8 Å². The van der Waals surface area contributed by atoms with Gasteiger partial charge in [-0.1, -0.05) is 17.3 Å². The van der Waals surface area contributed by atoms with Crippen molar-refractivity contribution in [2.45, 2.75) is 20.3 Å². The van der Waals surface area contributed by atoms with Crippen molar-refractivity contribution in [1.82, 2.24) is 10.1 Å². The molecule has 0 aliphatic heterocycles. The van der Waals surface area contributed by atoms with Crippen LogP contribution in [-0.2, 0) is 16.0 Å². The predicted octanol–water partition coefficient (Wildman–Crippen LogP) is 2.02. The molecule has 0 spiro atoms. The Balaban J connectivity index is 1.83. The van der Waals surface area contributed by atoms with Gasteiger partial charge in [0.15, 0.2) is 5.82 Å². The molecule has 128 valence electrons. The molecule has 0 bridgehead atoms. The summed E-state index contributed by atoms with van der Waals surface area (Å²) in [6, 6.07) is 8.95. The zero-order valence-electron chi connectivity index (χ0n) is 14.0. The number of carbonyl (C=O) groups excluding carboxylic acids is 2. The number of ether oxygens (including phenoxy) is 1. The Hall–Kier alpha value is -2.83. The molecule has 0 radical (unpaired) electrons. The molecule has 1 aromatic carbocycles. The van der Waals surface area contributed by atoms with Crippen molar-refractivity contribution >= 4 is 17.6 Å². The lowest BCUT2D eigenvalue weighted by Gasteiger charge is -2.16. The molecule has 0 atom stereocenters. The van der Waals surface area contributed by atoms with Crippen LogP contribution < -0.4 is 10.1 Å². The van der Waals surface area contributed by atoms with E-state index in [9.17, 15) is 9.59 Å². The van der Waals surface area contributed by atoms with Crippen molar-refractivity contribution in [1.29, 1.82) is 0 Å². The monoisotopic (exact) mass is 331 g/mol. The fourth-order valence-corrected chi connectivity index (χ4v) is 2.09. The second-order valence-corrected chi connectivity index (χ2v) is 5.37. The van der Waals surface area contributed by atoms with Crippen LogP contribution in [0.4, 0.5) is 5.82 Å². The Morgan fingerprint density at radius 2 is 2.00 bits per heavy atom. The van der Waals surface area contributed by atoms with E-state index < -0.39 is 0 Å². The topological polar surface area (TPSA) is 84.7 Å². The highest BCUT2D eigenvalue weighted by molar-refractivity contribution is 5.94. The van der Waals surface area contributed by atoms with E-state index in [1.807, 2.05) is 31.2 Å². The summed E-state index contributed by atoms with van der Waals surface area (Å²) in [4.78, 5) is 25.5. The van der Waals surface area contributed by atoms with Crippen molar-refractivity contribution in [2.75, 3.05) is 25.5 Å². The van der Waals surface area contributed by atoms with Crippen LogP contribution in [-0.4, -0.2) is 42.1 Å². The molecule has 0 aliphatic rings. The molecule has 2 amide bonds. The summed E-state index contributed by atoms with van der Waals surface area (Å²) in [5.41, 5.74) is 0.864. The van der Waals surface area contributed by atoms with E-state index in [0.29, 0.717) is 18.2 Å². The average Bonchev–Trinajstić information content (AvgIpc) is 2.94. The van der Waals surface area contributed by atoms with Gasteiger partial charge in [-0.3, -0.25) is 9.59 Å². The molecule has 1 heterocycles. The number of rotatable bonds is 7. The van der Waals surface area contributed by atoms with Gasteiger partial charge < -0.3 is 19.5 Å². The van der Waals surface area contributed by atoms with Gasteiger partial charge in [0.1, 0.15) is 11.5 Å². The Kier molecular flexibility index (Phi) is 5.95. The molecule has 1 aromatic heterocycles. The third-order valence-corrected chi connectivity index (χ3v) is 3.29. The molecule has 0 aliphatic carbocycles. The Morgan fingerprint density at radius 3 is 2.58 bits per heavy atom. The minimum absolute atomic E-state index is 0.0538. The normalized spacial score (nSPS) is 10.3. The van der Waals surface area contributed by atoms with Crippen LogP contribution in [0.15, 0.2) is 34.9 Å². The van der Waals surface area contributed by atoms with Gasteiger partial charge in [0.25, 0.3) is 0 Å². The lowest BCUT2D eigenvalue weighted by molar-refractivity contribution is -0.132. The average molecular weight is 331 g/mol. The molecule has 1 N–H and O–H groups in total. The fraction of sp³-hybridized carbons (Fsp3) is 0.353. The molecule has 24 heavy (non-hydrogen) atoms. The number of aryl methyl sites for hydroxylation is 1. The van der Waals surface area contributed by atoms with E-state index in [4.69, 9.17) is 9.26 Å². The number of nitrogens with one attached hydrogen (secondary N) is 1. The zero-order chi connectivity index (χ0) is 17.5. The minimum atomic E-state index is -0.328. The van der Waals surface area contributed by atoms with E-state index in [1.165, 1.54) is 4.90 Å². The van der Waals surface area contributed by atoms with Crippen molar-refractivity contribution in [3.05, 3.63) is 41.7 Å². The summed E-state index contributed by atoms with van der Waals surface area (Å²) in [7, 11) is 1.59. The van der Waals surface area contributed by atoms with E-state index in [-0.39, 0.29) is 24.8 Å². The number of amides is 2. The minimum Gasteiger partial charge on any atom is -0.494 e. The maximum atomic E-state index is 12.2. The fourth-order valence-electron chi connectivity index (χ4n) is 2.09. The second-order valence-electron chi connectivity index (χ2n) is 5.37. The first-order valence-electron chi connectivity index (χ1n) is 7.66. The third-order valence-electron chi connectivity index (χ3n) is 3.29. The number of aromatic nitrogens is 1. The number of carbonyl (C=O) groups is 2. The number of nitrogens with zero attached hydrogens (tertiary/aromatic N) is 2. The highest BCUT2D eigenvalue weighted by atomic mass is 16.5. The van der Waals surface area contributed by atoms with Crippen LogP contribution in [0.1, 0.15) is 18.2 Å². The summed E-state index contributed by atoms with van der Waals surface area (Å²) in [6.45, 7) is 4.19. The van der Waals surface area contributed by atoms with E-state index in [2.05, 4.69) is 10.5 Å². The number of benzene rings is 1. The second kappa shape index (κ2) is 8.14. The maximum absolute atomic E-state index is 12.2. The predicted molar refractivity (Wildman–Crippen MR) is 88.8 cm³/mol. The van der Waals surface area contributed by atoms with Crippen molar-refractivity contribution in [2.24, 2.45) is 0 Å². The van der Waals surface area contributed by atoms with Crippen LogP contribution in [0.25, 0.3) is 0 Å². The van der Waals surface area contributed by atoms with Crippen molar-refractivity contribution in [3.8, 4) is 5.75 Å². The number of hydrogen-bond acceptors (Lipinski definition) is 5. The Morgan fingerprint density at radius 1 is 1.29 bits per heavy atom. The molecule has 2 rings (SSSR count). The van der Waals surface area contributed by atoms with Gasteiger partial charge in [0, 0.05) is 13.1 Å². The molecule has 2 aromatic rings. The first-order valence-corrected chi connectivity index (χ1v) is 7.66. The first kappa shape index (κ1) is 17.5. The summed E-state index contributed by atoms with van der Waals surface area (Å²) in [5, 5.41) is 6.26. The molecule has 0 fully saturated rings. The summed E-state index contributed by atoms with van der Waals surface area (Å²) >= 11 is 0. The van der Waals surface area contributed by atoms with Crippen LogP contribution in [0.5, 0.6) is 5.75 Å². The summed E-state index contributed by atoms with van der Waals surface area (Å²) < 4.78 is 10.2. The van der Waals surface area contributed by atoms with Crippen LogP contribution in [0.3, 0.4) is 0 Å². The van der Waals surface area contributed by atoms with Gasteiger partial charge in [-0.05, 0) is 31.5 Å². The van der Waals surface area contributed by atoms with Gasteiger partial charge >= 0.3 is 0 Å². The van der Waals surface area contributed by atoms with E-state index >= 15 is 0 Å². The standard InChI is InChI=1S/C17H21N3O4/c1-4-23-14-7-5-13(6-8-14)10-17(22)20(3)11-16(21)18-15-9-12(2)24-19-15/h5-9H,4,10-11H2,1-3H3,(H,18,19,21). The lowest BCUT2D eigenvalue weighted by atomic mass is 10.1. The van der Waals surface area contributed by atoms with Crippen molar-refractivity contribution in [3.63, 3.8) is 0 Å². The van der Waals surface area contributed by atoms with Crippen LogP contribution >= 0.6 is 0 Å². The molecule has 0 unspecified atom stereocenters. The third kappa shape index (κ3) is 5.12. The molecule has 7 nitrogen and oxygen atoms in total. The highest BCUT2D eigenvalue weighted by Crippen LogP contribution is 2.13. The number of likely N-dealkylation sites (N-methyl/N-ethyl adjacent to an activating group) is 1. The molecular weight excluding hydrogens is 310 g/mol. The van der Waals surface area contributed by atoms with E-state index in [0.717, 1.165) is 11.3 Å². The molecule has 0 saturated carbocycles. The lowest BCUT2D eigenvalue weighted by Crippen LogP contribution is -2.35. The Bertz CT molecular complexity index is 694. The van der Waals surface area contributed by atoms with Gasteiger partial charge in [-0.2, -0.15) is 0 Å². The summed E-state index contributed by atoms with van der Waals surface area (Å²) in [5.74, 6) is 1.23. The quantitative estimate of drug-likeness (QED) is 0.839. The smallest absolute Gasteiger partial charge is 0.245 e. The number of hydrogen-bond donors (Lipinski definition) is 1. The van der Waals surface area contributed by atoms with Gasteiger partial charge in [-0.25, -0.2) is 0 Å². The molecular formula is C17H21N3O4. The van der Waals surface area contributed by atoms with Gasteiger partial charge in [0.2, 0.25) is 11.8 Å². The SMILES string of the molecule is CCOc1ccc(CC(=O)N(C)CC(=O)Nc2cc(C)on2)cc1. The number of anilines is 1. The van der Waals surface area contributed by atoms with Gasteiger partial charge in [0.05, 0.1) is 19.6 Å². The molecule has 7 heteroatoms. The summed E-state index contributed by atoms with van der Waals surface area (Å²) in [6.07, 6.45) is 0.221. The first-order chi connectivity index (χ1) is 11.5. The largest absolute Gasteiger partial charge is 0.494 e.